The van der Waals surface area contributed by atoms with Gasteiger partial charge in [0.2, 0.25) is 0 Å². The Hall–Kier alpha value is -1.21. The van der Waals surface area contributed by atoms with Crippen molar-refractivity contribution >= 4 is 11.9 Å². The Morgan fingerprint density at radius 3 is 2.56 bits per heavy atom. The smallest absolute Gasteiger partial charge is 1.00 e. The maximum Gasteiger partial charge on any atom is 1.00 e. The maximum absolute atomic E-state index is 11.8. The molecule has 1 aliphatic rings. The van der Waals surface area contributed by atoms with Crippen molar-refractivity contribution < 1.29 is 71.2 Å². The average molecular weight is 379 g/mol. The molecule has 1 aliphatic heterocycles. The number of methoxy groups -OCH3 is 1. The maximum atomic E-state index is 11.8. The van der Waals surface area contributed by atoms with Crippen molar-refractivity contribution in [2.75, 3.05) is 7.11 Å². The van der Waals surface area contributed by atoms with Crippen LogP contribution in [0.5, 0.6) is 11.5 Å². The molecule has 0 amide bonds. The summed E-state index contributed by atoms with van der Waals surface area (Å²) in [5.74, 6) is -0.973. The van der Waals surface area contributed by atoms with E-state index in [4.69, 9.17) is 14.6 Å². The van der Waals surface area contributed by atoms with Crippen LogP contribution in [0.3, 0.4) is 0 Å². The molecule has 1 aromatic rings. The first-order valence-electron chi connectivity index (χ1n) is 7.32. The second-order valence-corrected chi connectivity index (χ2v) is 5.56. The number of rotatable bonds is 6. The molecule has 25 heavy (non-hydrogen) atoms. The number of benzene rings is 1. The van der Waals surface area contributed by atoms with Crippen LogP contribution >= 0.6 is 0 Å². The minimum atomic E-state index is -0.853. The van der Waals surface area contributed by atoms with Gasteiger partial charge in [0.25, 0.3) is 0 Å². The normalized spacial score (nSPS) is 12.6. The fourth-order valence-electron chi connectivity index (χ4n) is 2.71. The number of allylic oxidation sites excluding steroid dienone is 2. The van der Waals surface area contributed by atoms with Crippen LogP contribution in [0.15, 0.2) is 11.6 Å². The van der Waals surface area contributed by atoms with Crippen LogP contribution in [0.4, 0.5) is 0 Å². The van der Waals surface area contributed by atoms with Gasteiger partial charge in [0.15, 0.2) is 0 Å². The largest absolute Gasteiger partial charge is 1.00 e. The summed E-state index contributed by atoms with van der Waals surface area (Å²) >= 11 is 0. The number of hydrogen-bond acceptors (Lipinski definition) is 5. The molecule has 6 nitrogen and oxygen atoms in total. The summed E-state index contributed by atoms with van der Waals surface area (Å²) in [6, 6.07) is 0. The number of aliphatic carboxylic acids is 1. The molecule has 0 unspecified atom stereocenters. The fourth-order valence-corrected chi connectivity index (χ4v) is 2.71. The van der Waals surface area contributed by atoms with E-state index in [-0.39, 0.29) is 66.3 Å². The summed E-state index contributed by atoms with van der Waals surface area (Å²) in [6.07, 6.45) is 2.68. The van der Waals surface area contributed by atoms with E-state index in [0.717, 1.165) is 11.1 Å². The van der Waals surface area contributed by atoms with Crippen LogP contribution in [0, 0.1) is 6.92 Å². The van der Waals surface area contributed by atoms with Crippen molar-refractivity contribution in [3.8, 4) is 11.5 Å². The quantitative estimate of drug-likeness (QED) is 0.307. The standard InChI is InChI=1S/C17H20O6.ClH.Na/c1-9(5-7-13(18)19)4-6-11-15(20)14-12(8-23-17(14)21)10(2)16(11)22-3;;/h4,20H,5-8H2,1-3H3,(H,18,19);1H;/q;;+1/p-1/b9-4+;;. The van der Waals surface area contributed by atoms with Crippen LogP contribution in [-0.2, 0) is 22.6 Å². The number of hydrogen-bond donors (Lipinski definition) is 2. The zero-order valence-corrected chi connectivity index (χ0v) is 17.6. The zero-order chi connectivity index (χ0) is 17.1. The van der Waals surface area contributed by atoms with Gasteiger partial charge in [-0.1, -0.05) is 11.6 Å². The number of phenolic OH excluding ortho intramolecular Hbond substituents is 1. The van der Waals surface area contributed by atoms with Crippen molar-refractivity contribution in [3.05, 3.63) is 33.9 Å². The van der Waals surface area contributed by atoms with E-state index >= 15 is 0 Å². The first-order chi connectivity index (χ1) is 10.9. The van der Waals surface area contributed by atoms with Crippen LogP contribution in [0.1, 0.15) is 46.8 Å². The summed E-state index contributed by atoms with van der Waals surface area (Å²) in [5.41, 5.74) is 3.04. The summed E-state index contributed by atoms with van der Waals surface area (Å²) < 4.78 is 10.4. The molecule has 0 spiro atoms. The van der Waals surface area contributed by atoms with Crippen LogP contribution < -0.4 is 46.7 Å². The van der Waals surface area contributed by atoms with Gasteiger partial charge >= 0.3 is 41.5 Å². The van der Waals surface area contributed by atoms with E-state index in [0.29, 0.717) is 29.7 Å². The van der Waals surface area contributed by atoms with E-state index < -0.39 is 11.9 Å². The van der Waals surface area contributed by atoms with Gasteiger partial charge in [-0.25, -0.2) is 4.79 Å². The number of carboxylic acids is 1. The van der Waals surface area contributed by atoms with E-state index in [1.165, 1.54) is 7.11 Å². The summed E-state index contributed by atoms with van der Waals surface area (Å²) in [5, 5.41) is 19.1. The molecule has 0 fully saturated rings. The molecular weight excluding hydrogens is 359 g/mol. The van der Waals surface area contributed by atoms with Crippen molar-refractivity contribution in [1.29, 1.82) is 0 Å². The summed E-state index contributed by atoms with van der Waals surface area (Å²) in [6.45, 7) is 3.79. The molecule has 132 valence electrons. The molecule has 0 saturated carbocycles. The van der Waals surface area contributed by atoms with Crippen LogP contribution in [0.2, 0.25) is 0 Å². The Kier molecular flexibility index (Phi) is 9.58. The third-order valence-electron chi connectivity index (χ3n) is 4.04. The second-order valence-electron chi connectivity index (χ2n) is 5.56. The SMILES string of the molecule is COc1c(C)c2c(c(O)c1C/C=C(\C)CCC(=O)O)C(=O)OC2.[Cl-].[Na+]. The predicted molar refractivity (Wildman–Crippen MR) is 82.8 cm³/mol. The monoisotopic (exact) mass is 378 g/mol. The minimum absolute atomic E-state index is 0. The van der Waals surface area contributed by atoms with E-state index in [2.05, 4.69) is 0 Å². The summed E-state index contributed by atoms with van der Waals surface area (Å²) in [4.78, 5) is 22.4. The Morgan fingerprint density at radius 2 is 2.00 bits per heavy atom. The first kappa shape index (κ1) is 23.8. The molecule has 0 aliphatic carbocycles. The van der Waals surface area contributed by atoms with Crippen molar-refractivity contribution in [1.82, 2.24) is 0 Å². The van der Waals surface area contributed by atoms with Gasteiger partial charge in [0.05, 0.1) is 7.11 Å². The molecule has 2 rings (SSSR count). The molecule has 2 N–H and O–H groups in total. The molecule has 0 saturated heterocycles. The number of halogens is 1. The van der Waals surface area contributed by atoms with E-state index in [1.54, 1.807) is 0 Å². The molecule has 0 aromatic heterocycles. The molecule has 1 heterocycles. The number of esters is 1. The number of carbonyl (C=O) groups is 2. The number of cyclic esters (lactones) is 1. The second kappa shape index (κ2) is 10.1. The average Bonchev–Trinajstić information content (AvgIpc) is 2.89. The molecule has 0 bridgehead atoms. The van der Waals surface area contributed by atoms with Crippen molar-refractivity contribution in [3.63, 3.8) is 0 Å². The number of fused-ring (bicyclic) bond motifs is 1. The topological polar surface area (TPSA) is 93.1 Å². The molecule has 0 radical (unpaired) electrons. The first-order valence-corrected chi connectivity index (χ1v) is 7.32. The van der Waals surface area contributed by atoms with Gasteiger partial charge in [-0.15, -0.1) is 0 Å². The number of carboxylic acid groups (broad SMARTS) is 1. The Balaban J connectivity index is 0.00000288. The number of carbonyl (C=O) groups excluding carboxylic acids is 1. The minimum Gasteiger partial charge on any atom is -1.00 e. The van der Waals surface area contributed by atoms with Gasteiger partial charge in [0.1, 0.15) is 23.7 Å². The fraction of sp³-hybridized carbons (Fsp3) is 0.412. The Labute approximate surface area is 174 Å². The van der Waals surface area contributed by atoms with Crippen molar-refractivity contribution in [2.45, 2.75) is 39.7 Å². The predicted octanol–water partition coefficient (Wildman–Crippen LogP) is -3.26. The van der Waals surface area contributed by atoms with Gasteiger partial charge in [-0.05, 0) is 32.3 Å². The van der Waals surface area contributed by atoms with Crippen LogP contribution in [0.25, 0.3) is 0 Å². The Bertz CT molecular complexity index is 699. The van der Waals surface area contributed by atoms with Gasteiger partial charge < -0.3 is 32.1 Å². The molecular formula is C17H20ClNaO6. The number of ether oxygens (including phenoxy) is 2. The van der Waals surface area contributed by atoms with Crippen molar-refractivity contribution in [2.24, 2.45) is 0 Å². The van der Waals surface area contributed by atoms with E-state index in [9.17, 15) is 14.7 Å². The van der Waals surface area contributed by atoms with Gasteiger partial charge in [-0.2, -0.15) is 0 Å². The van der Waals surface area contributed by atoms with Gasteiger partial charge in [0, 0.05) is 17.5 Å². The van der Waals surface area contributed by atoms with E-state index in [1.807, 2.05) is 19.9 Å². The zero-order valence-electron chi connectivity index (χ0n) is 14.8. The molecule has 0 atom stereocenters. The third-order valence-corrected chi connectivity index (χ3v) is 4.04. The van der Waals surface area contributed by atoms with Gasteiger partial charge in [-0.3, -0.25) is 4.79 Å². The molecule has 8 heteroatoms. The van der Waals surface area contributed by atoms with Crippen LogP contribution in [-0.4, -0.2) is 29.3 Å². The molecule has 1 aromatic carbocycles. The number of phenols is 1. The summed E-state index contributed by atoms with van der Waals surface area (Å²) in [7, 11) is 1.51. The number of aromatic hydroxyl groups is 1. The third kappa shape index (κ3) is 5.14. The Morgan fingerprint density at radius 1 is 1.36 bits per heavy atom.